The van der Waals surface area contributed by atoms with Crippen LogP contribution in [0.4, 0.5) is 0 Å². The largest absolute Gasteiger partial charge is 0.393 e. The number of hydrogen-bond acceptors (Lipinski definition) is 3. The average molecular weight is 210 g/mol. The molecular formula is C12H18O3. The SMILES string of the molecule is CCCC(=CC1CC(=O)OC1=O)C(C)C. The van der Waals surface area contributed by atoms with Crippen LogP contribution in [-0.4, -0.2) is 11.9 Å². The van der Waals surface area contributed by atoms with Crippen molar-refractivity contribution in [3.63, 3.8) is 0 Å². The molecule has 15 heavy (non-hydrogen) atoms. The molecule has 1 atom stereocenters. The fraction of sp³-hybridized carbons (Fsp3) is 0.667. The lowest BCUT2D eigenvalue weighted by Gasteiger charge is -2.11. The smallest absolute Gasteiger partial charge is 0.321 e. The number of carbonyl (C=O) groups is 2. The minimum atomic E-state index is -0.402. The highest BCUT2D eigenvalue weighted by molar-refractivity contribution is 5.95. The molecule has 0 aromatic rings. The molecule has 0 aromatic carbocycles. The zero-order chi connectivity index (χ0) is 11.4. The average Bonchev–Trinajstić information content (AvgIpc) is 2.44. The van der Waals surface area contributed by atoms with Crippen LogP contribution in [0.3, 0.4) is 0 Å². The Labute approximate surface area is 90.5 Å². The molecule has 0 amide bonds. The number of esters is 2. The third-order valence-corrected chi connectivity index (χ3v) is 2.60. The topological polar surface area (TPSA) is 43.4 Å². The van der Waals surface area contributed by atoms with Crippen molar-refractivity contribution in [2.45, 2.75) is 40.0 Å². The normalized spacial score (nSPS) is 22.4. The van der Waals surface area contributed by atoms with Gasteiger partial charge < -0.3 is 4.74 Å². The van der Waals surface area contributed by atoms with E-state index in [1.807, 2.05) is 6.08 Å². The molecule has 1 aliphatic rings. The van der Waals surface area contributed by atoms with Crippen molar-refractivity contribution in [1.82, 2.24) is 0 Å². The van der Waals surface area contributed by atoms with Crippen molar-refractivity contribution < 1.29 is 14.3 Å². The summed E-state index contributed by atoms with van der Waals surface area (Å²) in [7, 11) is 0. The Balaban J connectivity index is 2.74. The van der Waals surface area contributed by atoms with Crippen LogP contribution in [0.25, 0.3) is 0 Å². The Morgan fingerprint density at radius 3 is 2.60 bits per heavy atom. The Kier molecular flexibility index (Phi) is 4.06. The van der Waals surface area contributed by atoms with E-state index in [9.17, 15) is 9.59 Å². The Hall–Kier alpha value is -1.12. The molecule has 1 saturated heterocycles. The van der Waals surface area contributed by atoms with Gasteiger partial charge in [0.2, 0.25) is 0 Å². The highest BCUT2D eigenvalue weighted by atomic mass is 16.6. The first kappa shape index (κ1) is 12.0. The second kappa shape index (κ2) is 5.10. The molecular weight excluding hydrogens is 192 g/mol. The summed E-state index contributed by atoms with van der Waals surface area (Å²) >= 11 is 0. The summed E-state index contributed by atoms with van der Waals surface area (Å²) in [6.07, 6.45) is 4.16. The molecule has 1 unspecified atom stereocenters. The first-order chi connectivity index (χ1) is 7.04. The van der Waals surface area contributed by atoms with Crippen molar-refractivity contribution in [2.24, 2.45) is 11.8 Å². The summed E-state index contributed by atoms with van der Waals surface area (Å²) in [6, 6.07) is 0. The van der Waals surface area contributed by atoms with Crippen LogP contribution in [0.1, 0.15) is 40.0 Å². The van der Waals surface area contributed by atoms with E-state index in [1.54, 1.807) is 0 Å². The summed E-state index contributed by atoms with van der Waals surface area (Å²) in [6.45, 7) is 6.31. The number of cyclic esters (lactones) is 2. The molecule has 0 aliphatic carbocycles. The summed E-state index contributed by atoms with van der Waals surface area (Å²) < 4.78 is 4.51. The first-order valence-corrected chi connectivity index (χ1v) is 5.49. The Bertz CT molecular complexity index is 289. The van der Waals surface area contributed by atoms with Crippen LogP contribution in [0.15, 0.2) is 11.6 Å². The molecule has 1 rings (SSSR count). The lowest BCUT2D eigenvalue weighted by molar-refractivity contribution is -0.152. The second-order valence-corrected chi connectivity index (χ2v) is 4.25. The van der Waals surface area contributed by atoms with E-state index in [2.05, 4.69) is 25.5 Å². The van der Waals surface area contributed by atoms with Crippen LogP contribution in [0.5, 0.6) is 0 Å². The van der Waals surface area contributed by atoms with Crippen molar-refractivity contribution in [3.05, 3.63) is 11.6 Å². The number of allylic oxidation sites excluding steroid dienone is 1. The van der Waals surface area contributed by atoms with Crippen LogP contribution < -0.4 is 0 Å². The van der Waals surface area contributed by atoms with Gasteiger partial charge in [0.25, 0.3) is 0 Å². The fourth-order valence-electron chi connectivity index (χ4n) is 1.73. The Morgan fingerprint density at radius 1 is 1.53 bits per heavy atom. The van der Waals surface area contributed by atoms with E-state index in [0.717, 1.165) is 12.8 Å². The van der Waals surface area contributed by atoms with Crippen molar-refractivity contribution in [1.29, 1.82) is 0 Å². The minimum absolute atomic E-state index is 0.207. The first-order valence-electron chi connectivity index (χ1n) is 5.49. The molecule has 0 spiro atoms. The molecule has 0 saturated carbocycles. The lowest BCUT2D eigenvalue weighted by Crippen LogP contribution is -2.07. The number of hydrogen-bond donors (Lipinski definition) is 0. The molecule has 0 aromatic heterocycles. The van der Waals surface area contributed by atoms with Gasteiger partial charge in [-0.1, -0.05) is 38.8 Å². The summed E-state index contributed by atoms with van der Waals surface area (Å²) in [5.41, 5.74) is 1.24. The number of ether oxygens (including phenoxy) is 1. The van der Waals surface area contributed by atoms with E-state index in [1.165, 1.54) is 5.57 Å². The van der Waals surface area contributed by atoms with Crippen molar-refractivity contribution in [3.8, 4) is 0 Å². The molecule has 1 aliphatic heterocycles. The van der Waals surface area contributed by atoms with Crippen LogP contribution >= 0.6 is 0 Å². The van der Waals surface area contributed by atoms with Gasteiger partial charge in [-0.15, -0.1) is 0 Å². The van der Waals surface area contributed by atoms with Crippen LogP contribution in [-0.2, 0) is 14.3 Å². The molecule has 3 nitrogen and oxygen atoms in total. The predicted molar refractivity (Wildman–Crippen MR) is 57.0 cm³/mol. The van der Waals surface area contributed by atoms with E-state index < -0.39 is 11.9 Å². The maximum atomic E-state index is 11.3. The Morgan fingerprint density at radius 2 is 2.20 bits per heavy atom. The quantitative estimate of drug-likeness (QED) is 0.406. The second-order valence-electron chi connectivity index (χ2n) is 4.25. The van der Waals surface area contributed by atoms with Gasteiger partial charge in [-0.3, -0.25) is 9.59 Å². The van der Waals surface area contributed by atoms with Gasteiger partial charge in [0.15, 0.2) is 0 Å². The molecule has 0 radical (unpaired) electrons. The maximum Gasteiger partial charge on any atom is 0.321 e. The third-order valence-electron chi connectivity index (χ3n) is 2.60. The zero-order valence-electron chi connectivity index (χ0n) is 9.58. The standard InChI is InChI=1S/C12H18O3/c1-4-5-9(8(2)3)6-10-7-11(13)15-12(10)14/h6,8,10H,4-5,7H2,1-3H3. The van der Waals surface area contributed by atoms with E-state index in [0.29, 0.717) is 5.92 Å². The molecule has 0 bridgehead atoms. The number of rotatable bonds is 4. The third kappa shape index (κ3) is 3.18. The van der Waals surface area contributed by atoms with Gasteiger partial charge >= 0.3 is 11.9 Å². The van der Waals surface area contributed by atoms with Gasteiger partial charge in [0.05, 0.1) is 12.3 Å². The zero-order valence-corrected chi connectivity index (χ0v) is 9.58. The fourth-order valence-corrected chi connectivity index (χ4v) is 1.73. The van der Waals surface area contributed by atoms with E-state index in [-0.39, 0.29) is 12.3 Å². The molecule has 1 heterocycles. The highest BCUT2D eigenvalue weighted by Gasteiger charge is 2.31. The molecule has 3 heteroatoms. The van der Waals surface area contributed by atoms with Crippen LogP contribution in [0, 0.1) is 11.8 Å². The van der Waals surface area contributed by atoms with Crippen LogP contribution in [0.2, 0.25) is 0 Å². The highest BCUT2D eigenvalue weighted by Crippen LogP contribution is 2.24. The monoisotopic (exact) mass is 210 g/mol. The molecule has 1 fully saturated rings. The van der Waals surface area contributed by atoms with Gasteiger partial charge in [-0.25, -0.2) is 0 Å². The molecule has 0 N–H and O–H groups in total. The lowest BCUT2D eigenvalue weighted by atomic mass is 9.93. The van der Waals surface area contributed by atoms with Crippen molar-refractivity contribution in [2.75, 3.05) is 0 Å². The van der Waals surface area contributed by atoms with Gasteiger partial charge in [0.1, 0.15) is 0 Å². The summed E-state index contributed by atoms with van der Waals surface area (Å²) in [4.78, 5) is 22.2. The van der Waals surface area contributed by atoms with Gasteiger partial charge in [-0.2, -0.15) is 0 Å². The number of carbonyl (C=O) groups excluding carboxylic acids is 2. The maximum absolute atomic E-state index is 11.3. The van der Waals surface area contributed by atoms with E-state index in [4.69, 9.17) is 0 Å². The van der Waals surface area contributed by atoms with Gasteiger partial charge in [0, 0.05) is 0 Å². The predicted octanol–water partition coefficient (Wildman–Crippen LogP) is 2.46. The summed E-state index contributed by atoms with van der Waals surface area (Å²) in [5.74, 6) is -0.718. The van der Waals surface area contributed by atoms with E-state index >= 15 is 0 Å². The minimum Gasteiger partial charge on any atom is -0.393 e. The van der Waals surface area contributed by atoms with Crippen molar-refractivity contribution >= 4 is 11.9 Å². The van der Waals surface area contributed by atoms with Gasteiger partial charge in [-0.05, 0) is 12.3 Å². The summed E-state index contributed by atoms with van der Waals surface area (Å²) in [5, 5.41) is 0. The molecule has 84 valence electrons.